The Morgan fingerprint density at radius 1 is 1.12 bits per heavy atom. The van der Waals surface area contributed by atoms with Gasteiger partial charge in [-0.25, -0.2) is 10.5 Å². The third kappa shape index (κ3) is 6.28. The van der Waals surface area contributed by atoms with E-state index in [2.05, 4.69) is 60.0 Å². The number of aromatic nitrogens is 2. The van der Waals surface area contributed by atoms with Crippen LogP contribution < -0.4 is 5.48 Å². The molecule has 0 spiro atoms. The molecule has 2 N–H and O–H groups in total. The summed E-state index contributed by atoms with van der Waals surface area (Å²) >= 11 is 0. The molecular formula is C27H31N3O2. The Hall–Kier alpha value is -3.44. The van der Waals surface area contributed by atoms with Crippen molar-refractivity contribution in [2.24, 2.45) is 0 Å². The van der Waals surface area contributed by atoms with Crippen LogP contribution in [0.5, 0.6) is 0 Å². The second kappa shape index (κ2) is 11.8. The Morgan fingerprint density at radius 2 is 1.94 bits per heavy atom. The van der Waals surface area contributed by atoms with Crippen molar-refractivity contribution in [3.05, 3.63) is 95.5 Å². The van der Waals surface area contributed by atoms with Crippen LogP contribution in [0.2, 0.25) is 0 Å². The van der Waals surface area contributed by atoms with Crippen molar-refractivity contribution in [2.45, 2.75) is 46.1 Å². The summed E-state index contributed by atoms with van der Waals surface area (Å²) < 4.78 is 2.31. The fraction of sp³-hybridized carbons (Fsp3) is 0.259. The zero-order valence-electron chi connectivity index (χ0n) is 18.8. The number of carbonyl (C=O) groups excluding carboxylic acids is 1. The van der Waals surface area contributed by atoms with Crippen LogP contribution in [-0.2, 0) is 24.2 Å². The topological polar surface area (TPSA) is 67.2 Å². The molecule has 0 aliphatic heterocycles. The molecule has 0 aliphatic carbocycles. The summed E-state index contributed by atoms with van der Waals surface area (Å²) in [6.07, 6.45) is 11.2. The van der Waals surface area contributed by atoms with Crippen molar-refractivity contribution in [3.8, 4) is 11.3 Å². The highest BCUT2D eigenvalue weighted by molar-refractivity contribution is 5.91. The summed E-state index contributed by atoms with van der Waals surface area (Å²) in [5, 5.41) is 8.73. The zero-order valence-corrected chi connectivity index (χ0v) is 18.8. The van der Waals surface area contributed by atoms with Crippen LogP contribution in [0.1, 0.15) is 42.4 Å². The first-order valence-electron chi connectivity index (χ1n) is 11.1. The average molecular weight is 430 g/mol. The SMILES string of the molecule is C/C=C\CCCc1nc(C)n(CCc2ccccc2)c1-c1cccc(/C=C/C(=O)NO)c1. The van der Waals surface area contributed by atoms with E-state index in [0.717, 1.165) is 60.6 Å². The molecule has 1 heterocycles. The predicted octanol–water partition coefficient (Wildman–Crippen LogP) is 5.52. The lowest BCUT2D eigenvalue weighted by Gasteiger charge is -2.13. The summed E-state index contributed by atoms with van der Waals surface area (Å²) in [6.45, 7) is 4.96. The molecule has 0 radical (unpaired) electrons. The van der Waals surface area contributed by atoms with Crippen LogP contribution in [0.4, 0.5) is 0 Å². The van der Waals surface area contributed by atoms with Crippen LogP contribution in [0, 0.1) is 6.92 Å². The van der Waals surface area contributed by atoms with E-state index >= 15 is 0 Å². The largest absolute Gasteiger partial charge is 0.328 e. The van der Waals surface area contributed by atoms with E-state index in [1.165, 1.54) is 11.6 Å². The molecule has 3 rings (SSSR count). The van der Waals surface area contributed by atoms with Gasteiger partial charge in [0.25, 0.3) is 5.91 Å². The molecule has 0 aliphatic rings. The monoisotopic (exact) mass is 429 g/mol. The van der Waals surface area contributed by atoms with Crippen molar-refractivity contribution >= 4 is 12.0 Å². The van der Waals surface area contributed by atoms with Gasteiger partial charge < -0.3 is 4.57 Å². The van der Waals surface area contributed by atoms with Gasteiger partial charge in [0.15, 0.2) is 0 Å². The number of hydroxylamine groups is 1. The molecule has 0 saturated carbocycles. The highest BCUT2D eigenvalue weighted by Gasteiger charge is 2.16. The third-order valence-corrected chi connectivity index (χ3v) is 5.42. The number of allylic oxidation sites excluding steroid dienone is 2. The van der Waals surface area contributed by atoms with E-state index in [1.807, 2.05) is 25.1 Å². The van der Waals surface area contributed by atoms with Crippen LogP contribution in [0.15, 0.2) is 72.8 Å². The Labute approximate surface area is 190 Å². The number of carbonyl (C=O) groups is 1. The standard InChI is InChI=1S/C27H31N3O2/c1-3-4-5-9-15-25-27(24-14-10-13-23(20-24)16-17-26(31)29-32)30(21(2)28-25)19-18-22-11-7-6-8-12-22/h3-4,6-8,10-14,16-17,20,32H,5,9,15,18-19H2,1-2H3,(H,29,31)/b4-3-,17-16+. The number of unbranched alkanes of at least 4 members (excludes halogenated alkanes) is 1. The maximum atomic E-state index is 11.4. The van der Waals surface area contributed by atoms with Gasteiger partial charge >= 0.3 is 0 Å². The number of hydrogen-bond donors (Lipinski definition) is 2. The Bertz CT molecular complexity index is 1080. The molecule has 3 aromatic rings. The van der Waals surface area contributed by atoms with Gasteiger partial charge in [-0.05, 0) is 62.8 Å². The lowest BCUT2D eigenvalue weighted by molar-refractivity contribution is -0.124. The molecule has 32 heavy (non-hydrogen) atoms. The van der Waals surface area contributed by atoms with E-state index in [1.54, 1.807) is 11.6 Å². The molecule has 0 saturated heterocycles. The Kier molecular flexibility index (Phi) is 8.58. The number of nitrogens with one attached hydrogen (secondary N) is 1. The molecule has 0 atom stereocenters. The van der Waals surface area contributed by atoms with Crippen LogP contribution in [0.25, 0.3) is 17.3 Å². The fourth-order valence-corrected chi connectivity index (χ4v) is 3.83. The summed E-state index contributed by atoms with van der Waals surface area (Å²) in [6, 6.07) is 18.6. The van der Waals surface area contributed by atoms with E-state index in [9.17, 15) is 4.79 Å². The van der Waals surface area contributed by atoms with Gasteiger partial charge in [0, 0.05) is 18.2 Å². The number of imidazole rings is 1. The van der Waals surface area contributed by atoms with Crippen molar-refractivity contribution < 1.29 is 10.0 Å². The first-order valence-corrected chi connectivity index (χ1v) is 11.1. The minimum absolute atomic E-state index is 0.552. The van der Waals surface area contributed by atoms with Gasteiger partial charge in [0.2, 0.25) is 0 Å². The second-order valence-corrected chi connectivity index (χ2v) is 7.74. The maximum absolute atomic E-state index is 11.4. The first kappa shape index (κ1) is 23.2. The number of rotatable bonds is 10. The highest BCUT2D eigenvalue weighted by Crippen LogP contribution is 2.28. The van der Waals surface area contributed by atoms with Crippen molar-refractivity contribution in [1.82, 2.24) is 15.0 Å². The van der Waals surface area contributed by atoms with Crippen LogP contribution in [0.3, 0.4) is 0 Å². The number of hydrogen-bond acceptors (Lipinski definition) is 3. The van der Waals surface area contributed by atoms with Gasteiger partial charge in [-0.2, -0.15) is 0 Å². The van der Waals surface area contributed by atoms with Gasteiger partial charge in [-0.15, -0.1) is 0 Å². The summed E-state index contributed by atoms with van der Waals surface area (Å²) in [5.41, 5.74) is 7.13. The number of nitrogens with zero attached hydrogens (tertiary/aromatic N) is 2. The third-order valence-electron chi connectivity index (χ3n) is 5.42. The lowest BCUT2D eigenvalue weighted by Crippen LogP contribution is -2.14. The molecule has 5 heteroatoms. The highest BCUT2D eigenvalue weighted by atomic mass is 16.5. The Balaban J connectivity index is 1.95. The lowest BCUT2D eigenvalue weighted by atomic mass is 10.0. The molecular weight excluding hydrogens is 398 g/mol. The quantitative estimate of drug-likeness (QED) is 0.147. The molecule has 166 valence electrons. The molecule has 0 unspecified atom stereocenters. The smallest absolute Gasteiger partial charge is 0.267 e. The molecule has 0 bridgehead atoms. The maximum Gasteiger partial charge on any atom is 0.267 e. The van der Waals surface area contributed by atoms with Crippen LogP contribution in [-0.4, -0.2) is 20.7 Å². The van der Waals surface area contributed by atoms with Crippen LogP contribution >= 0.6 is 0 Å². The summed E-state index contributed by atoms with van der Waals surface area (Å²) in [7, 11) is 0. The molecule has 5 nitrogen and oxygen atoms in total. The van der Waals surface area contributed by atoms with Gasteiger partial charge in [-0.1, -0.05) is 60.7 Å². The zero-order chi connectivity index (χ0) is 22.8. The minimum Gasteiger partial charge on any atom is -0.328 e. The average Bonchev–Trinajstić information content (AvgIpc) is 3.14. The van der Waals surface area contributed by atoms with E-state index in [-0.39, 0.29) is 0 Å². The molecule has 1 aromatic heterocycles. The minimum atomic E-state index is -0.552. The summed E-state index contributed by atoms with van der Waals surface area (Å²) in [5.74, 6) is 0.460. The van der Waals surface area contributed by atoms with E-state index in [0.29, 0.717) is 0 Å². The van der Waals surface area contributed by atoms with Crippen molar-refractivity contribution in [1.29, 1.82) is 0 Å². The van der Waals surface area contributed by atoms with Crippen molar-refractivity contribution in [2.75, 3.05) is 0 Å². The van der Waals surface area contributed by atoms with Gasteiger partial charge in [0.1, 0.15) is 5.82 Å². The normalized spacial score (nSPS) is 11.5. The molecule has 0 fully saturated rings. The number of aryl methyl sites for hydroxylation is 3. The van der Waals surface area contributed by atoms with Gasteiger partial charge in [0.05, 0.1) is 11.4 Å². The summed E-state index contributed by atoms with van der Waals surface area (Å²) in [4.78, 5) is 16.3. The number of amides is 1. The van der Waals surface area contributed by atoms with Crippen molar-refractivity contribution in [3.63, 3.8) is 0 Å². The number of benzene rings is 2. The first-order chi connectivity index (χ1) is 15.6. The fourth-order valence-electron chi connectivity index (χ4n) is 3.83. The van der Waals surface area contributed by atoms with Gasteiger partial charge in [-0.3, -0.25) is 10.0 Å². The molecule has 2 aromatic carbocycles. The Morgan fingerprint density at radius 3 is 2.69 bits per heavy atom. The predicted molar refractivity (Wildman–Crippen MR) is 129 cm³/mol. The molecule has 1 amide bonds. The van der Waals surface area contributed by atoms with E-state index in [4.69, 9.17) is 10.2 Å². The van der Waals surface area contributed by atoms with E-state index < -0.39 is 5.91 Å². The second-order valence-electron chi connectivity index (χ2n) is 7.74.